The molecule has 2 aromatic carbocycles. The van der Waals surface area contributed by atoms with Gasteiger partial charge in [-0.05, 0) is 105 Å². The van der Waals surface area contributed by atoms with Crippen molar-refractivity contribution in [3.63, 3.8) is 0 Å². The minimum Gasteiger partial charge on any atom is -0.378 e. The number of ether oxygens (including phenoxy) is 1. The molecule has 3 N–H and O–H groups in total. The number of aryl methyl sites for hydroxylation is 1. The first-order chi connectivity index (χ1) is 48.4. The number of nitrogens with one attached hydrogen (secondary N) is 3. The fraction of sp³-hybridized carbons (Fsp3) is 0.662. The van der Waals surface area contributed by atoms with Crippen molar-refractivity contribution in [3.8, 4) is 0 Å². The monoisotopic (exact) mass is 1480 g/mol. The molecule has 570 valence electrons. The molecule has 3 aliphatic heterocycles. The number of carbonyl (C=O) groups excluding carboxylic acids is 12. The van der Waals surface area contributed by atoms with Crippen molar-refractivity contribution in [2.75, 3.05) is 102 Å². The number of nitrogens with zero attached hydrogens (tertiary/aromatic N) is 9. The van der Waals surface area contributed by atoms with Gasteiger partial charge in [0, 0.05) is 75.4 Å². The summed E-state index contributed by atoms with van der Waals surface area (Å²) < 4.78 is 88.5. The van der Waals surface area contributed by atoms with E-state index in [0.29, 0.717) is 44.9 Å². The first-order valence-electron chi connectivity index (χ1n) is 35.3. The maximum atomic E-state index is 15.7. The second-order valence-corrected chi connectivity index (χ2v) is 28.6. The van der Waals surface area contributed by atoms with E-state index in [1.54, 1.807) is 20.8 Å². The van der Waals surface area contributed by atoms with Gasteiger partial charge in [0.15, 0.2) is 0 Å². The molecule has 8 atom stereocenters. The van der Waals surface area contributed by atoms with Gasteiger partial charge in [0.05, 0.1) is 55.4 Å². The number of likely N-dealkylation sites (N-methyl/N-ethyl adjacent to an activating group) is 7. The molecule has 2 aliphatic carbocycles. The number of fused-ring (bicyclic) bond motifs is 1. The Labute approximate surface area is 602 Å². The normalized spacial score (nSPS) is 25.5. The third-order valence-electron chi connectivity index (χ3n) is 21.1. The van der Waals surface area contributed by atoms with Crippen LogP contribution in [-0.2, 0) is 87.5 Å². The SMILES string of the molecule is CC[C@H](C)[C@@H]1NC(=O)[C@H](CC)N(C)C(=O)C[C@@H](C(=O)N2CCOCC2)N(C)C(=O)[C@H](C2CCCCC2)N(C)C(=O)C2(CCCC2)NC(=O)[C@@H]2CCCN2C(=O)[C@H](CCc2ccc(C(F)(F)F)c(Cl)c2)NC(=O)CN(C)C(=O)[C@H](Cc2ccc(C(F)(F)F)cc2)N(C)C(=O)CN(C)C(=O)CN(C)C1=O. The van der Waals surface area contributed by atoms with Crippen molar-refractivity contribution in [1.29, 1.82) is 0 Å². The summed E-state index contributed by atoms with van der Waals surface area (Å²) in [5.74, 6) is -10.3. The van der Waals surface area contributed by atoms with Gasteiger partial charge in [-0.1, -0.05) is 89.1 Å². The second kappa shape index (κ2) is 35.6. The topological polar surface area (TPSA) is 279 Å². The van der Waals surface area contributed by atoms with Gasteiger partial charge in [-0.15, -0.1) is 0 Å². The highest BCUT2D eigenvalue weighted by atomic mass is 35.5. The number of morpholine rings is 1. The number of hydrogen-bond donors (Lipinski definition) is 3. The van der Waals surface area contributed by atoms with Crippen LogP contribution in [0, 0.1) is 11.8 Å². The van der Waals surface area contributed by atoms with Crippen LogP contribution in [0.3, 0.4) is 0 Å². The average Bonchev–Trinajstić information content (AvgIpc) is 1.60. The van der Waals surface area contributed by atoms with E-state index in [2.05, 4.69) is 16.0 Å². The van der Waals surface area contributed by atoms with Gasteiger partial charge >= 0.3 is 12.4 Å². The lowest BCUT2D eigenvalue weighted by atomic mass is 9.81. The Balaban J connectivity index is 1.29. The van der Waals surface area contributed by atoms with Gasteiger partial charge in [-0.3, -0.25) is 57.5 Å². The molecule has 12 amide bonds. The Morgan fingerprint density at radius 2 is 1.22 bits per heavy atom. The predicted molar refractivity (Wildman–Crippen MR) is 365 cm³/mol. The van der Waals surface area contributed by atoms with Gasteiger partial charge in [-0.25, -0.2) is 0 Å². The Morgan fingerprint density at radius 3 is 1.82 bits per heavy atom. The molecule has 0 bridgehead atoms. The minimum absolute atomic E-state index is 0.00558. The van der Waals surface area contributed by atoms with E-state index in [4.69, 9.17) is 16.3 Å². The maximum Gasteiger partial charge on any atom is 0.417 e. The number of carbonyl (C=O) groups is 12. The van der Waals surface area contributed by atoms with Gasteiger partial charge < -0.3 is 64.8 Å². The molecular weight excluding hydrogens is 1380 g/mol. The van der Waals surface area contributed by atoms with E-state index in [1.165, 1.54) is 68.9 Å². The fourth-order valence-corrected chi connectivity index (χ4v) is 14.9. The number of alkyl halides is 6. The summed E-state index contributed by atoms with van der Waals surface area (Å²) in [7, 11) is 9.14. The third-order valence-corrected chi connectivity index (χ3v) is 21.4. The van der Waals surface area contributed by atoms with Crippen molar-refractivity contribution >= 4 is 82.5 Å². The summed E-state index contributed by atoms with van der Waals surface area (Å²) in [4.78, 5) is 188. The molecule has 3 saturated heterocycles. The van der Waals surface area contributed by atoms with Crippen LogP contribution in [0.5, 0.6) is 0 Å². The van der Waals surface area contributed by atoms with Crippen molar-refractivity contribution in [2.45, 2.75) is 190 Å². The van der Waals surface area contributed by atoms with E-state index < -0.39 is 192 Å². The lowest BCUT2D eigenvalue weighted by molar-refractivity contribution is -0.158. The Kier molecular flexibility index (Phi) is 28.4. The van der Waals surface area contributed by atoms with Crippen molar-refractivity contribution < 1.29 is 88.6 Å². The van der Waals surface area contributed by atoms with E-state index in [9.17, 15) is 64.7 Å². The van der Waals surface area contributed by atoms with Crippen molar-refractivity contribution in [3.05, 3.63) is 69.7 Å². The van der Waals surface area contributed by atoms with Gasteiger partial charge in [0.2, 0.25) is 70.9 Å². The van der Waals surface area contributed by atoms with Crippen LogP contribution >= 0.6 is 11.6 Å². The fourth-order valence-electron chi connectivity index (χ4n) is 14.5. The lowest BCUT2D eigenvalue weighted by Crippen LogP contribution is -2.65. The van der Waals surface area contributed by atoms with Crippen LogP contribution in [0.2, 0.25) is 5.02 Å². The molecule has 2 aromatic rings. The van der Waals surface area contributed by atoms with Crippen LogP contribution in [0.25, 0.3) is 0 Å². The molecule has 5 aliphatic rings. The van der Waals surface area contributed by atoms with E-state index in [-0.39, 0.29) is 88.9 Å². The molecule has 0 unspecified atom stereocenters. The molecule has 32 heteroatoms. The standard InChI is InChI=1S/C71H99ClF6N12O13/c1-11-43(3)59-66(100)84(6)41-57(93)82(4)42-58(94)86(8)53(38-45-22-26-47(27-23-45)70(73,74)75)64(98)83(5)40-55(91)79-50(29-25-44-24-28-48(49(72)37-44)71(76,77)78)63(97)90-32-18-21-52(90)62(96)81-69(30-16-17-31-69)68(102)88(10)60(46-19-14-13-15-20-46)67(101)87(9)54(65(99)89-33-35-103-36-34-89)39-56(92)85(7)51(12-2)61(95)80-59/h22-24,26-28,37,43,46,50-54,59-60H,11-21,25,29-36,38-42H2,1-10H3,(H,79,91)(H,80,95)(H,81,96)/t43-,50-,51-,52-,53-,54-,59-,60-/m0/s1. The minimum atomic E-state index is -4.81. The van der Waals surface area contributed by atoms with Gasteiger partial charge in [0.1, 0.15) is 47.8 Å². The maximum absolute atomic E-state index is 15.7. The van der Waals surface area contributed by atoms with E-state index in [0.717, 1.165) is 73.4 Å². The summed E-state index contributed by atoms with van der Waals surface area (Å²) in [6.45, 7) is 3.41. The number of rotatable bonds is 10. The summed E-state index contributed by atoms with van der Waals surface area (Å²) >= 11 is 6.12. The highest BCUT2D eigenvalue weighted by molar-refractivity contribution is 6.31. The van der Waals surface area contributed by atoms with Crippen LogP contribution in [0.4, 0.5) is 26.3 Å². The highest BCUT2D eigenvalue weighted by Gasteiger charge is 2.51. The average molecular weight is 1480 g/mol. The number of hydrogen-bond acceptors (Lipinski definition) is 13. The summed E-state index contributed by atoms with van der Waals surface area (Å²) in [5.41, 5.74) is -3.42. The zero-order valence-electron chi connectivity index (χ0n) is 60.4. The highest BCUT2D eigenvalue weighted by Crippen LogP contribution is 2.38. The van der Waals surface area contributed by atoms with Gasteiger partial charge in [-0.2, -0.15) is 26.3 Å². The number of halogens is 7. The van der Waals surface area contributed by atoms with Crippen LogP contribution in [-0.4, -0.2) is 265 Å². The van der Waals surface area contributed by atoms with Crippen LogP contribution in [0.15, 0.2) is 42.5 Å². The number of benzene rings is 2. The summed E-state index contributed by atoms with van der Waals surface area (Å²) in [5, 5.41) is 7.81. The largest absolute Gasteiger partial charge is 0.417 e. The molecule has 103 heavy (non-hydrogen) atoms. The molecule has 7 rings (SSSR count). The lowest BCUT2D eigenvalue weighted by Gasteiger charge is -2.43. The quantitative estimate of drug-likeness (QED) is 0.267. The Hall–Kier alpha value is -8.09. The molecule has 0 aromatic heterocycles. The van der Waals surface area contributed by atoms with Crippen molar-refractivity contribution in [1.82, 2.24) is 60.0 Å². The number of amides is 12. The Bertz CT molecular complexity index is 3420. The zero-order valence-corrected chi connectivity index (χ0v) is 61.1. The summed E-state index contributed by atoms with van der Waals surface area (Å²) in [6.07, 6.45) is -6.04. The molecule has 3 heterocycles. The molecule has 5 fully saturated rings. The Morgan fingerprint density at radius 1 is 0.621 bits per heavy atom. The molecule has 1 spiro atoms. The molecule has 2 saturated carbocycles. The molecule has 0 radical (unpaired) electrons. The zero-order chi connectivity index (χ0) is 76.2. The van der Waals surface area contributed by atoms with E-state index >= 15 is 19.2 Å². The first kappa shape index (κ1) is 82.2. The first-order valence-corrected chi connectivity index (χ1v) is 35.7. The molecule has 25 nitrogen and oxygen atoms in total. The van der Waals surface area contributed by atoms with Crippen LogP contribution in [0.1, 0.15) is 139 Å². The smallest absolute Gasteiger partial charge is 0.378 e. The third kappa shape index (κ3) is 20.3. The second-order valence-electron chi connectivity index (χ2n) is 28.2. The van der Waals surface area contributed by atoms with Crippen LogP contribution < -0.4 is 16.0 Å². The summed E-state index contributed by atoms with van der Waals surface area (Å²) in [6, 6.07) is -2.95. The van der Waals surface area contributed by atoms with Crippen molar-refractivity contribution in [2.24, 2.45) is 11.8 Å². The van der Waals surface area contributed by atoms with E-state index in [1.807, 2.05) is 0 Å². The molecular formula is C71H99ClF6N12O13. The van der Waals surface area contributed by atoms with Gasteiger partial charge in [0.25, 0.3) is 0 Å². The predicted octanol–water partition coefficient (Wildman–Crippen LogP) is 4.92.